The fraction of sp³-hybridized carbons (Fsp3) is 0.571. The molecule has 1 aliphatic heterocycles. The van der Waals surface area contributed by atoms with Gasteiger partial charge in [-0.25, -0.2) is 0 Å². The van der Waals surface area contributed by atoms with Crippen LogP contribution in [0, 0.1) is 0 Å². The van der Waals surface area contributed by atoms with Crippen LogP contribution in [-0.2, 0) is 6.54 Å². The molecule has 0 spiro atoms. The SMILES string of the molecule is CCCNCc1ccc(N2CCC(O)C2)cc1. The van der Waals surface area contributed by atoms with Crippen molar-refractivity contribution < 1.29 is 5.11 Å². The summed E-state index contributed by atoms with van der Waals surface area (Å²) in [4.78, 5) is 2.24. The molecule has 3 heteroatoms. The van der Waals surface area contributed by atoms with Crippen molar-refractivity contribution in [1.29, 1.82) is 0 Å². The van der Waals surface area contributed by atoms with Crippen LogP contribution in [0.2, 0.25) is 0 Å². The molecule has 0 aromatic heterocycles. The number of nitrogens with zero attached hydrogens (tertiary/aromatic N) is 1. The highest BCUT2D eigenvalue weighted by Gasteiger charge is 2.19. The molecule has 1 aromatic rings. The second kappa shape index (κ2) is 6.03. The molecule has 0 radical (unpaired) electrons. The average Bonchev–Trinajstić information content (AvgIpc) is 2.77. The Morgan fingerprint density at radius 2 is 2.12 bits per heavy atom. The van der Waals surface area contributed by atoms with Crippen molar-refractivity contribution in [2.45, 2.75) is 32.4 Å². The summed E-state index contributed by atoms with van der Waals surface area (Å²) in [6.45, 7) is 5.92. The largest absolute Gasteiger partial charge is 0.391 e. The fourth-order valence-corrected chi connectivity index (χ4v) is 2.21. The summed E-state index contributed by atoms with van der Waals surface area (Å²) in [6.07, 6.45) is 1.91. The van der Waals surface area contributed by atoms with Gasteiger partial charge in [-0.1, -0.05) is 19.1 Å². The molecule has 1 atom stereocenters. The first kappa shape index (κ1) is 12.4. The van der Waals surface area contributed by atoms with Crippen LogP contribution in [0.3, 0.4) is 0 Å². The Labute approximate surface area is 103 Å². The number of nitrogens with one attached hydrogen (secondary N) is 1. The van der Waals surface area contributed by atoms with Crippen LogP contribution in [0.5, 0.6) is 0 Å². The van der Waals surface area contributed by atoms with E-state index in [1.54, 1.807) is 0 Å². The summed E-state index contributed by atoms with van der Waals surface area (Å²) >= 11 is 0. The van der Waals surface area contributed by atoms with E-state index >= 15 is 0 Å². The van der Waals surface area contributed by atoms with Crippen LogP contribution in [0.4, 0.5) is 5.69 Å². The number of hydrogen-bond donors (Lipinski definition) is 2. The van der Waals surface area contributed by atoms with E-state index < -0.39 is 0 Å². The molecule has 0 amide bonds. The number of β-amino-alcohol motifs (C(OH)–C–C–N with tert-alkyl or cyclic N) is 1. The van der Waals surface area contributed by atoms with Crippen molar-refractivity contribution in [2.75, 3.05) is 24.5 Å². The van der Waals surface area contributed by atoms with Crippen molar-refractivity contribution in [3.63, 3.8) is 0 Å². The third-order valence-electron chi connectivity index (χ3n) is 3.22. The lowest BCUT2D eigenvalue weighted by molar-refractivity contribution is 0.198. The van der Waals surface area contributed by atoms with E-state index in [1.807, 2.05) is 0 Å². The Hall–Kier alpha value is -1.06. The number of hydrogen-bond acceptors (Lipinski definition) is 3. The fourth-order valence-electron chi connectivity index (χ4n) is 2.21. The minimum atomic E-state index is -0.152. The van der Waals surface area contributed by atoms with Crippen LogP contribution in [-0.4, -0.2) is 30.8 Å². The molecule has 3 nitrogen and oxygen atoms in total. The number of rotatable bonds is 5. The van der Waals surface area contributed by atoms with Crippen molar-refractivity contribution >= 4 is 5.69 Å². The molecule has 1 unspecified atom stereocenters. The highest BCUT2D eigenvalue weighted by molar-refractivity contribution is 5.48. The maximum Gasteiger partial charge on any atom is 0.0731 e. The second-order valence-electron chi connectivity index (χ2n) is 4.73. The molecule has 94 valence electrons. The zero-order chi connectivity index (χ0) is 12.1. The average molecular weight is 234 g/mol. The van der Waals surface area contributed by atoms with Gasteiger partial charge in [0.1, 0.15) is 0 Å². The first-order valence-corrected chi connectivity index (χ1v) is 6.52. The van der Waals surface area contributed by atoms with E-state index in [9.17, 15) is 5.11 Å². The molecule has 1 saturated heterocycles. The predicted molar refractivity (Wildman–Crippen MR) is 71.3 cm³/mol. The zero-order valence-corrected chi connectivity index (χ0v) is 10.5. The molecule has 1 heterocycles. The zero-order valence-electron chi connectivity index (χ0n) is 10.5. The maximum atomic E-state index is 9.51. The molecule has 1 aliphatic rings. The molecular formula is C14H22N2O. The van der Waals surface area contributed by atoms with Gasteiger partial charge in [-0.05, 0) is 37.1 Å². The van der Waals surface area contributed by atoms with Crippen molar-refractivity contribution in [3.05, 3.63) is 29.8 Å². The Balaban J connectivity index is 1.89. The van der Waals surface area contributed by atoms with Crippen molar-refractivity contribution in [3.8, 4) is 0 Å². The summed E-state index contributed by atoms with van der Waals surface area (Å²) in [7, 11) is 0. The van der Waals surface area contributed by atoms with Crippen LogP contribution >= 0.6 is 0 Å². The van der Waals surface area contributed by atoms with Crippen molar-refractivity contribution in [2.24, 2.45) is 0 Å². The van der Waals surface area contributed by atoms with E-state index in [0.717, 1.165) is 32.6 Å². The van der Waals surface area contributed by atoms with Gasteiger partial charge in [0.05, 0.1) is 6.10 Å². The Kier molecular flexibility index (Phi) is 4.40. The summed E-state index contributed by atoms with van der Waals surface area (Å²) in [5.41, 5.74) is 2.54. The van der Waals surface area contributed by atoms with Gasteiger partial charge in [0.2, 0.25) is 0 Å². The van der Waals surface area contributed by atoms with E-state index in [1.165, 1.54) is 17.7 Å². The topological polar surface area (TPSA) is 35.5 Å². The van der Waals surface area contributed by atoms with Gasteiger partial charge in [0, 0.05) is 25.3 Å². The van der Waals surface area contributed by atoms with E-state index in [-0.39, 0.29) is 6.10 Å². The van der Waals surface area contributed by atoms with E-state index in [4.69, 9.17) is 0 Å². The molecule has 0 saturated carbocycles. The molecular weight excluding hydrogens is 212 g/mol. The smallest absolute Gasteiger partial charge is 0.0731 e. The van der Waals surface area contributed by atoms with Gasteiger partial charge in [0.25, 0.3) is 0 Å². The Morgan fingerprint density at radius 3 is 2.71 bits per heavy atom. The monoisotopic (exact) mass is 234 g/mol. The van der Waals surface area contributed by atoms with E-state index in [0.29, 0.717) is 0 Å². The minimum absolute atomic E-state index is 0.152. The Morgan fingerprint density at radius 1 is 1.35 bits per heavy atom. The van der Waals surface area contributed by atoms with Gasteiger partial charge in [-0.3, -0.25) is 0 Å². The summed E-state index contributed by atoms with van der Waals surface area (Å²) < 4.78 is 0. The molecule has 1 aromatic carbocycles. The number of aliphatic hydroxyl groups is 1. The Bertz CT molecular complexity index is 337. The lowest BCUT2D eigenvalue weighted by Crippen LogP contribution is -2.21. The standard InChI is InChI=1S/C14H22N2O/c1-2-8-15-10-12-3-5-13(6-4-12)16-9-7-14(17)11-16/h3-6,14-15,17H,2,7-11H2,1H3. The van der Waals surface area contributed by atoms with Crippen molar-refractivity contribution in [1.82, 2.24) is 5.32 Å². The number of aliphatic hydroxyl groups excluding tert-OH is 1. The van der Waals surface area contributed by atoms with Crippen LogP contribution in [0.1, 0.15) is 25.3 Å². The van der Waals surface area contributed by atoms with Gasteiger partial charge in [-0.15, -0.1) is 0 Å². The van der Waals surface area contributed by atoms with Gasteiger partial charge in [-0.2, -0.15) is 0 Å². The maximum absolute atomic E-state index is 9.51. The molecule has 0 bridgehead atoms. The molecule has 1 fully saturated rings. The van der Waals surface area contributed by atoms with Gasteiger partial charge < -0.3 is 15.3 Å². The predicted octanol–water partition coefficient (Wildman–Crippen LogP) is 1.76. The van der Waals surface area contributed by atoms with Gasteiger partial charge >= 0.3 is 0 Å². The molecule has 17 heavy (non-hydrogen) atoms. The molecule has 2 N–H and O–H groups in total. The molecule has 2 rings (SSSR count). The van der Waals surface area contributed by atoms with Crippen LogP contribution < -0.4 is 10.2 Å². The quantitative estimate of drug-likeness (QED) is 0.762. The minimum Gasteiger partial charge on any atom is -0.391 e. The third-order valence-corrected chi connectivity index (χ3v) is 3.22. The van der Waals surface area contributed by atoms with E-state index in [2.05, 4.69) is 41.4 Å². The van der Waals surface area contributed by atoms with Gasteiger partial charge in [0.15, 0.2) is 0 Å². The lowest BCUT2D eigenvalue weighted by atomic mass is 10.2. The normalized spacial score (nSPS) is 19.9. The second-order valence-corrected chi connectivity index (χ2v) is 4.73. The molecule has 0 aliphatic carbocycles. The lowest BCUT2D eigenvalue weighted by Gasteiger charge is -2.18. The summed E-state index contributed by atoms with van der Waals surface area (Å²) in [6, 6.07) is 8.65. The summed E-state index contributed by atoms with van der Waals surface area (Å²) in [5, 5.41) is 12.9. The first-order chi connectivity index (χ1) is 8.29. The highest BCUT2D eigenvalue weighted by atomic mass is 16.3. The van der Waals surface area contributed by atoms with Crippen LogP contribution in [0.25, 0.3) is 0 Å². The third kappa shape index (κ3) is 3.45. The number of benzene rings is 1. The number of anilines is 1. The first-order valence-electron chi connectivity index (χ1n) is 6.52. The van der Waals surface area contributed by atoms with Crippen LogP contribution in [0.15, 0.2) is 24.3 Å². The summed E-state index contributed by atoms with van der Waals surface area (Å²) in [5.74, 6) is 0. The highest BCUT2D eigenvalue weighted by Crippen LogP contribution is 2.20.